The average Bonchev–Trinajstić information content (AvgIpc) is 2.87. The molecule has 0 spiro atoms. The maximum Gasteiger partial charge on any atom is 0.239 e. The van der Waals surface area contributed by atoms with Crippen LogP contribution in [0.2, 0.25) is 0 Å². The van der Waals surface area contributed by atoms with Crippen LogP contribution in [0.25, 0.3) is 0 Å². The first-order valence-corrected chi connectivity index (χ1v) is 3.69. The Morgan fingerprint density at radius 2 is 2.00 bits per heavy atom. The summed E-state index contributed by atoms with van der Waals surface area (Å²) in [6, 6.07) is 2.25. The quantitative estimate of drug-likeness (QED) is 0.487. The van der Waals surface area contributed by atoms with E-state index in [-0.39, 0.29) is 0 Å². The number of nitrogens with two attached hydrogens (primary N) is 1. The number of nitrogens with zero attached hydrogens (tertiary/aromatic N) is 3. The lowest BCUT2D eigenvalue weighted by molar-refractivity contribution is 0.802. The molecule has 2 N–H and O–H groups in total. The number of aromatic nitrogens is 2. The Morgan fingerprint density at radius 1 is 1.36 bits per heavy atom. The van der Waals surface area contributed by atoms with Gasteiger partial charge in [0.05, 0.1) is 0 Å². The Hall–Kier alpha value is -1.16. The highest BCUT2D eigenvalue weighted by Crippen LogP contribution is 2.26. The number of rotatable bonds is 2. The third-order valence-corrected chi connectivity index (χ3v) is 1.72. The van der Waals surface area contributed by atoms with Crippen molar-refractivity contribution >= 4 is 5.95 Å². The number of hydrazine groups is 1. The van der Waals surface area contributed by atoms with Gasteiger partial charge in [0.2, 0.25) is 5.95 Å². The van der Waals surface area contributed by atoms with E-state index in [0.717, 1.165) is 12.8 Å². The summed E-state index contributed by atoms with van der Waals surface area (Å²) in [6.45, 7) is 0. The lowest BCUT2D eigenvalue weighted by Crippen LogP contribution is -2.34. The van der Waals surface area contributed by atoms with Crippen molar-refractivity contribution in [1.29, 1.82) is 0 Å². The molecule has 11 heavy (non-hydrogen) atoms. The molecule has 1 saturated carbocycles. The van der Waals surface area contributed by atoms with Crippen LogP contribution in [0.4, 0.5) is 5.95 Å². The zero-order chi connectivity index (χ0) is 7.68. The molecule has 1 fully saturated rings. The van der Waals surface area contributed by atoms with E-state index in [9.17, 15) is 0 Å². The molecule has 4 nitrogen and oxygen atoms in total. The third kappa shape index (κ3) is 1.30. The molecule has 4 heteroatoms. The van der Waals surface area contributed by atoms with E-state index in [2.05, 4.69) is 9.97 Å². The van der Waals surface area contributed by atoms with Gasteiger partial charge < -0.3 is 0 Å². The topological polar surface area (TPSA) is 55.0 Å². The summed E-state index contributed by atoms with van der Waals surface area (Å²) in [7, 11) is 0. The van der Waals surface area contributed by atoms with Crippen LogP contribution in [0.15, 0.2) is 18.5 Å². The zero-order valence-electron chi connectivity index (χ0n) is 6.14. The Morgan fingerprint density at radius 3 is 2.55 bits per heavy atom. The van der Waals surface area contributed by atoms with Gasteiger partial charge in [-0.05, 0) is 18.9 Å². The summed E-state index contributed by atoms with van der Waals surface area (Å²) in [5.41, 5.74) is 0. The molecule has 1 aromatic rings. The lowest BCUT2D eigenvalue weighted by atomic mass is 10.6. The summed E-state index contributed by atoms with van der Waals surface area (Å²) < 4.78 is 0. The van der Waals surface area contributed by atoms with Crippen LogP contribution in [-0.4, -0.2) is 16.0 Å². The molecule has 1 aromatic heterocycles. The predicted molar refractivity (Wildman–Crippen MR) is 41.7 cm³/mol. The Balaban J connectivity index is 2.15. The van der Waals surface area contributed by atoms with Crippen LogP contribution in [0.3, 0.4) is 0 Å². The standard InChI is InChI=1S/C7H10N4/c8-11(6-2-3-6)7-9-4-1-5-10-7/h1,4-6H,2-3,8H2. The maximum atomic E-state index is 5.71. The predicted octanol–water partition coefficient (Wildman–Crippen LogP) is 0.319. The van der Waals surface area contributed by atoms with Crippen LogP contribution in [0.5, 0.6) is 0 Å². The molecule has 1 heterocycles. The molecule has 58 valence electrons. The molecule has 0 saturated heterocycles. The SMILES string of the molecule is NN(c1ncccn1)C1CC1. The van der Waals surface area contributed by atoms with Gasteiger partial charge in [-0.1, -0.05) is 0 Å². The molecule has 0 amide bonds. The molecule has 0 unspecified atom stereocenters. The van der Waals surface area contributed by atoms with Crippen molar-refractivity contribution in [3.63, 3.8) is 0 Å². The van der Waals surface area contributed by atoms with Crippen molar-refractivity contribution in [3.05, 3.63) is 18.5 Å². The molecule has 0 radical (unpaired) electrons. The van der Waals surface area contributed by atoms with Gasteiger partial charge in [-0.15, -0.1) is 0 Å². The van der Waals surface area contributed by atoms with Crippen LogP contribution in [0.1, 0.15) is 12.8 Å². The second-order valence-corrected chi connectivity index (χ2v) is 2.69. The minimum atomic E-state index is 0.470. The molecule has 2 rings (SSSR count). The smallest absolute Gasteiger partial charge is 0.239 e. The number of hydrogen-bond acceptors (Lipinski definition) is 4. The normalized spacial score (nSPS) is 16.5. The van der Waals surface area contributed by atoms with E-state index < -0.39 is 0 Å². The minimum absolute atomic E-state index is 0.470. The van der Waals surface area contributed by atoms with Gasteiger partial charge in [0.1, 0.15) is 0 Å². The maximum absolute atomic E-state index is 5.71. The first-order valence-electron chi connectivity index (χ1n) is 3.69. The first kappa shape index (κ1) is 6.54. The van der Waals surface area contributed by atoms with Gasteiger partial charge in [-0.25, -0.2) is 15.8 Å². The van der Waals surface area contributed by atoms with E-state index >= 15 is 0 Å². The highest BCUT2D eigenvalue weighted by Gasteiger charge is 2.28. The van der Waals surface area contributed by atoms with Gasteiger partial charge in [-0.3, -0.25) is 5.01 Å². The van der Waals surface area contributed by atoms with Crippen molar-refractivity contribution in [1.82, 2.24) is 9.97 Å². The highest BCUT2D eigenvalue weighted by atomic mass is 15.5. The minimum Gasteiger partial charge on any atom is -0.276 e. The highest BCUT2D eigenvalue weighted by molar-refractivity contribution is 5.29. The molecule has 0 aliphatic heterocycles. The Kier molecular flexibility index (Phi) is 1.47. The van der Waals surface area contributed by atoms with Crippen LogP contribution in [0, 0.1) is 0 Å². The summed E-state index contributed by atoms with van der Waals surface area (Å²) in [5.74, 6) is 6.33. The largest absolute Gasteiger partial charge is 0.276 e. The fraction of sp³-hybridized carbons (Fsp3) is 0.429. The van der Waals surface area contributed by atoms with Gasteiger partial charge in [0.25, 0.3) is 0 Å². The average molecular weight is 150 g/mol. The molecule has 1 aliphatic carbocycles. The Bertz CT molecular complexity index is 231. The van der Waals surface area contributed by atoms with E-state index in [1.807, 2.05) is 0 Å². The number of anilines is 1. The van der Waals surface area contributed by atoms with Gasteiger partial charge in [0.15, 0.2) is 0 Å². The fourth-order valence-corrected chi connectivity index (χ4v) is 0.941. The van der Waals surface area contributed by atoms with E-state index in [4.69, 9.17) is 5.84 Å². The zero-order valence-corrected chi connectivity index (χ0v) is 6.14. The van der Waals surface area contributed by atoms with Crippen LogP contribution >= 0.6 is 0 Å². The second-order valence-electron chi connectivity index (χ2n) is 2.69. The van der Waals surface area contributed by atoms with Crippen molar-refractivity contribution in [2.75, 3.05) is 5.01 Å². The van der Waals surface area contributed by atoms with E-state index in [1.165, 1.54) is 0 Å². The third-order valence-electron chi connectivity index (χ3n) is 1.72. The fourth-order valence-electron chi connectivity index (χ4n) is 0.941. The van der Waals surface area contributed by atoms with Crippen molar-refractivity contribution in [2.24, 2.45) is 5.84 Å². The van der Waals surface area contributed by atoms with Crippen LogP contribution in [-0.2, 0) is 0 Å². The van der Waals surface area contributed by atoms with Crippen molar-refractivity contribution in [2.45, 2.75) is 18.9 Å². The van der Waals surface area contributed by atoms with Crippen molar-refractivity contribution < 1.29 is 0 Å². The molecule has 0 aromatic carbocycles. The summed E-state index contributed by atoms with van der Waals surface area (Å²) in [4.78, 5) is 8.06. The van der Waals surface area contributed by atoms with Crippen LogP contribution < -0.4 is 10.9 Å². The van der Waals surface area contributed by atoms with Gasteiger partial charge in [-0.2, -0.15) is 0 Å². The summed E-state index contributed by atoms with van der Waals surface area (Å²) in [6.07, 6.45) is 5.72. The van der Waals surface area contributed by atoms with E-state index in [1.54, 1.807) is 23.5 Å². The van der Waals surface area contributed by atoms with E-state index in [0.29, 0.717) is 12.0 Å². The molecular formula is C7H10N4. The Labute approximate surface area is 65.0 Å². The molecular weight excluding hydrogens is 140 g/mol. The van der Waals surface area contributed by atoms with Gasteiger partial charge in [0, 0.05) is 18.4 Å². The monoisotopic (exact) mass is 150 g/mol. The summed E-state index contributed by atoms with van der Waals surface area (Å²) >= 11 is 0. The molecule has 0 atom stereocenters. The second kappa shape index (κ2) is 2.47. The lowest BCUT2D eigenvalue weighted by Gasteiger charge is -2.13. The molecule has 0 bridgehead atoms. The summed E-state index contributed by atoms with van der Waals surface area (Å²) in [5, 5.41) is 1.64. The van der Waals surface area contributed by atoms with Crippen molar-refractivity contribution in [3.8, 4) is 0 Å². The van der Waals surface area contributed by atoms with Gasteiger partial charge >= 0.3 is 0 Å². The number of hydrogen-bond donors (Lipinski definition) is 1. The molecule has 1 aliphatic rings. The first-order chi connectivity index (χ1) is 5.38.